The summed E-state index contributed by atoms with van der Waals surface area (Å²) in [5.74, 6) is -0.702. The number of anilines is 1. The van der Waals surface area contributed by atoms with Crippen LogP contribution < -0.4 is 10.9 Å². The first-order valence-corrected chi connectivity index (χ1v) is 8.89. The quantitative estimate of drug-likeness (QED) is 0.571. The number of hydrogen-bond acceptors (Lipinski definition) is 5. The molecule has 1 atom stereocenters. The van der Waals surface area contributed by atoms with E-state index in [9.17, 15) is 14.0 Å². The number of carbonyl (C=O) groups is 1. The number of thiophene rings is 1. The summed E-state index contributed by atoms with van der Waals surface area (Å²) in [6, 6.07) is 7.44. The molecule has 1 unspecified atom stereocenters. The largest absolute Gasteiger partial charge is 0.325 e. The average molecular weight is 363 g/mol. The lowest BCUT2D eigenvalue weighted by molar-refractivity contribution is -0.115. The molecule has 0 fully saturated rings. The van der Waals surface area contributed by atoms with E-state index in [1.165, 1.54) is 45.9 Å². The van der Waals surface area contributed by atoms with Crippen LogP contribution in [0.15, 0.2) is 45.7 Å². The van der Waals surface area contributed by atoms with E-state index in [0.717, 1.165) is 0 Å². The Labute approximate surface area is 145 Å². The Hall–Kier alpha value is -2.19. The summed E-state index contributed by atoms with van der Waals surface area (Å²) in [5.41, 5.74) is 0.254. The van der Waals surface area contributed by atoms with Gasteiger partial charge in [-0.05, 0) is 36.6 Å². The van der Waals surface area contributed by atoms with Gasteiger partial charge in [-0.25, -0.2) is 9.37 Å². The zero-order valence-electron chi connectivity index (χ0n) is 12.9. The monoisotopic (exact) mass is 363 g/mol. The van der Waals surface area contributed by atoms with Gasteiger partial charge < -0.3 is 5.32 Å². The second-order valence-corrected chi connectivity index (χ2v) is 7.36. The fraction of sp³-hybridized carbons (Fsp3) is 0.188. The van der Waals surface area contributed by atoms with Crippen LogP contribution in [-0.4, -0.2) is 20.7 Å². The van der Waals surface area contributed by atoms with Crippen LogP contribution in [0, 0.1) is 5.82 Å². The zero-order chi connectivity index (χ0) is 17.3. The van der Waals surface area contributed by atoms with Gasteiger partial charge in [-0.15, -0.1) is 11.3 Å². The first-order valence-electron chi connectivity index (χ1n) is 7.13. The fourth-order valence-electron chi connectivity index (χ4n) is 2.11. The van der Waals surface area contributed by atoms with Crippen LogP contribution in [0.3, 0.4) is 0 Å². The van der Waals surface area contributed by atoms with Crippen molar-refractivity contribution in [2.75, 3.05) is 5.32 Å². The number of aromatic nitrogens is 2. The van der Waals surface area contributed by atoms with Crippen molar-refractivity contribution in [1.82, 2.24) is 9.55 Å². The van der Waals surface area contributed by atoms with Gasteiger partial charge in [0.1, 0.15) is 10.6 Å². The number of nitrogens with one attached hydrogen (secondary N) is 1. The van der Waals surface area contributed by atoms with Crippen LogP contribution in [0.2, 0.25) is 0 Å². The van der Waals surface area contributed by atoms with Crippen LogP contribution in [-0.2, 0) is 11.8 Å². The van der Waals surface area contributed by atoms with Gasteiger partial charge in [0.05, 0.1) is 10.6 Å². The molecule has 0 radical (unpaired) electrons. The third-order valence-electron chi connectivity index (χ3n) is 3.41. The van der Waals surface area contributed by atoms with Crippen molar-refractivity contribution < 1.29 is 9.18 Å². The van der Waals surface area contributed by atoms with E-state index < -0.39 is 11.1 Å². The van der Waals surface area contributed by atoms with Gasteiger partial charge in [0, 0.05) is 12.7 Å². The van der Waals surface area contributed by atoms with Crippen molar-refractivity contribution in [1.29, 1.82) is 0 Å². The third-order valence-corrected chi connectivity index (χ3v) is 5.36. The normalized spacial score (nSPS) is 12.3. The van der Waals surface area contributed by atoms with Gasteiger partial charge in [-0.3, -0.25) is 14.2 Å². The molecule has 2 heterocycles. The van der Waals surface area contributed by atoms with E-state index in [1.54, 1.807) is 26.1 Å². The predicted octanol–water partition coefficient (Wildman–Crippen LogP) is 3.25. The lowest BCUT2D eigenvalue weighted by Crippen LogP contribution is -2.25. The van der Waals surface area contributed by atoms with Crippen LogP contribution >= 0.6 is 23.1 Å². The summed E-state index contributed by atoms with van der Waals surface area (Å²) in [6.07, 6.45) is 0. The predicted molar refractivity (Wildman–Crippen MR) is 95.2 cm³/mol. The van der Waals surface area contributed by atoms with Crippen molar-refractivity contribution >= 4 is 44.9 Å². The molecule has 1 N–H and O–H groups in total. The number of halogens is 1. The maximum absolute atomic E-state index is 13.2. The second kappa shape index (κ2) is 6.74. The Morgan fingerprint density at radius 3 is 2.96 bits per heavy atom. The Morgan fingerprint density at radius 2 is 2.21 bits per heavy atom. The highest BCUT2D eigenvalue weighted by Crippen LogP contribution is 2.24. The number of thioether (sulfide) groups is 1. The minimum atomic E-state index is -0.497. The molecule has 0 spiro atoms. The Bertz CT molecular complexity index is 967. The van der Waals surface area contributed by atoms with Crippen molar-refractivity contribution in [2.24, 2.45) is 7.05 Å². The smallest absolute Gasteiger partial charge is 0.262 e. The molecule has 1 amide bonds. The number of benzene rings is 1. The SMILES string of the molecule is CC(Sc1nc2sccc2c(=O)n1C)C(=O)Nc1cccc(F)c1. The molecule has 0 saturated heterocycles. The minimum Gasteiger partial charge on any atom is -0.325 e. The number of amides is 1. The van der Waals surface area contributed by atoms with E-state index in [0.29, 0.717) is 21.1 Å². The van der Waals surface area contributed by atoms with Crippen molar-refractivity contribution in [3.05, 3.63) is 51.9 Å². The molecule has 0 bridgehead atoms. The lowest BCUT2D eigenvalue weighted by Gasteiger charge is -2.13. The first-order chi connectivity index (χ1) is 11.5. The molecule has 2 aromatic heterocycles. The molecule has 0 aliphatic heterocycles. The fourth-order valence-corrected chi connectivity index (χ4v) is 3.79. The molecule has 3 rings (SSSR count). The highest BCUT2D eigenvalue weighted by molar-refractivity contribution is 8.00. The van der Waals surface area contributed by atoms with Gasteiger partial charge >= 0.3 is 0 Å². The van der Waals surface area contributed by atoms with Gasteiger partial charge in [-0.2, -0.15) is 0 Å². The molecule has 0 aliphatic carbocycles. The van der Waals surface area contributed by atoms with Gasteiger partial charge in [0.15, 0.2) is 5.16 Å². The molecule has 0 aliphatic rings. The van der Waals surface area contributed by atoms with Crippen molar-refractivity contribution in [3.63, 3.8) is 0 Å². The molecular formula is C16H14FN3O2S2. The Morgan fingerprint density at radius 1 is 1.42 bits per heavy atom. The van der Waals surface area contributed by atoms with Crippen LogP contribution in [0.25, 0.3) is 10.2 Å². The van der Waals surface area contributed by atoms with Gasteiger partial charge in [0.2, 0.25) is 5.91 Å². The van der Waals surface area contributed by atoms with Gasteiger partial charge in [-0.1, -0.05) is 17.8 Å². The molecular weight excluding hydrogens is 349 g/mol. The molecule has 124 valence electrons. The molecule has 24 heavy (non-hydrogen) atoms. The van der Waals surface area contributed by atoms with Crippen LogP contribution in [0.4, 0.5) is 10.1 Å². The maximum atomic E-state index is 13.2. The van der Waals surface area contributed by atoms with E-state index in [4.69, 9.17) is 0 Å². The number of rotatable bonds is 4. The lowest BCUT2D eigenvalue weighted by atomic mass is 10.3. The molecule has 8 heteroatoms. The third kappa shape index (κ3) is 3.34. The average Bonchev–Trinajstić information content (AvgIpc) is 3.00. The molecule has 1 aromatic carbocycles. The summed E-state index contributed by atoms with van der Waals surface area (Å²) < 4.78 is 14.6. The number of nitrogens with zero attached hydrogens (tertiary/aromatic N) is 2. The molecule has 0 saturated carbocycles. The first kappa shape index (κ1) is 16.7. The van der Waals surface area contributed by atoms with Crippen LogP contribution in [0.5, 0.6) is 0 Å². The minimum absolute atomic E-state index is 0.138. The van der Waals surface area contributed by atoms with Gasteiger partial charge in [0.25, 0.3) is 5.56 Å². The summed E-state index contributed by atoms with van der Waals surface area (Å²) in [4.78, 5) is 29.6. The van der Waals surface area contributed by atoms with E-state index in [-0.39, 0.29) is 11.5 Å². The maximum Gasteiger partial charge on any atom is 0.262 e. The topological polar surface area (TPSA) is 64.0 Å². The standard InChI is InChI=1S/C16H14FN3O2S2/c1-9(13(21)18-11-5-3-4-10(17)8-11)24-16-19-14-12(6-7-23-14)15(22)20(16)2/h3-9H,1-2H3,(H,18,21). The van der Waals surface area contributed by atoms with E-state index in [2.05, 4.69) is 10.3 Å². The Balaban J connectivity index is 1.79. The number of hydrogen-bond donors (Lipinski definition) is 1. The number of carbonyl (C=O) groups excluding carboxylic acids is 1. The van der Waals surface area contributed by atoms with Crippen molar-refractivity contribution in [3.8, 4) is 0 Å². The summed E-state index contributed by atoms with van der Waals surface area (Å²) >= 11 is 2.57. The molecule has 5 nitrogen and oxygen atoms in total. The highest BCUT2D eigenvalue weighted by Gasteiger charge is 2.19. The highest BCUT2D eigenvalue weighted by atomic mass is 32.2. The Kier molecular flexibility index (Phi) is 4.68. The summed E-state index contributed by atoms with van der Waals surface area (Å²) in [5, 5.41) is 5.02. The van der Waals surface area contributed by atoms with E-state index >= 15 is 0 Å². The van der Waals surface area contributed by atoms with E-state index in [1.807, 2.05) is 5.38 Å². The second-order valence-electron chi connectivity index (χ2n) is 5.16. The summed E-state index contributed by atoms with van der Waals surface area (Å²) in [7, 11) is 1.63. The summed E-state index contributed by atoms with van der Waals surface area (Å²) in [6.45, 7) is 1.71. The van der Waals surface area contributed by atoms with Crippen LogP contribution in [0.1, 0.15) is 6.92 Å². The van der Waals surface area contributed by atoms with Crippen molar-refractivity contribution in [2.45, 2.75) is 17.3 Å². The zero-order valence-corrected chi connectivity index (χ0v) is 14.6. The number of fused-ring (bicyclic) bond motifs is 1. The molecule has 3 aromatic rings.